The lowest BCUT2D eigenvalue weighted by Crippen LogP contribution is -2.48. The number of ether oxygens (including phenoxy) is 3. The fourth-order valence-corrected chi connectivity index (χ4v) is 4.22. The minimum Gasteiger partial charge on any atom is -0.493 e. The van der Waals surface area contributed by atoms with Gasteiger partial charge in [0, 0.05) is 18.8 Å². The third kappa shape index (κ3) is 5.57. The molecular weight excluding hydrogens is 422 g/mol. The summed E-state index contributed by atoms with van der Waals surface area (Å²) in [5.74, 6) is 1.33. The first kappa shape index (κ1) is 22.9. The number of rotatable bonds is 8. The van der Waals surface area contributed by atoms with E-state index in [1.807, 2.05) is 12.1 Å². The van der Waals surface area contributed by atoms with E-state index in [2.05, 4.69) is 10.2 Å². The summed E-state index contributed by atoms with van der Waals surface area (Å²) in [5, 5.41) is 2.84. The highest BCUT2D eigenvalue weighted by atomic mass is 16.5. The Kier molecular flexibility index (Phi) is 7.34. The number of nitrogens with zero attached hydrogens (tertiary/aromatic N) is 2. The summed E-state index contributed by atoms with van der Waals surface area (Å²) >= 11 is 0. The number of benzene rings is 2. The van der Waals surface area contributed by atoms with Gasteiger partial charge in [-0.2, -0.15) is 0 Å². The summed E-state index contributed by atoms with van der Waals surface area (Å²) in [7, 11) is 1.55. The molecular formula is C25H31N3O5. The van der Waals surface area contributed by atoms with Crippen molar-refractivity contribution in [1.29, 1.82) is 0 Å². The number of para-hydroxylation sites is 2. The number of fused-ring (bicyclic) bond motifs is 1. The minimum atomic E-state index is -0.534. The average Bonchev–Trinajstić information content (AvgIpc) is 2.84. The zero-order valence-corrected chi connectivity index (χ0v) is 19.2. The van der Waals surface area contributed by atoms with Gasteiger partial charge < -0.3 is 29.3 Å². The molecule has 1 saturated heterocycles. The van der Waals surface area contributed by atoms with Gasteiger partial charge in [-0.25, -0.2) is 0 Å². The molecule has 1 unspecified atom stereocenters. The van der Waals surface area contributed by atoms with Gasteiger partial charge in [0.2, 0.25) is 0 Å². The van der Waals surface area contributed by atoms with Gasteiger partial charge in [0.1, 0.15) is 5.75 Å². The van der Waals surface area contributed by atoms with E-state index in [-0.39, 0.29) is 18.4 Å². The largest absolute Gasteiger partial charge is 0.493 e. The number of methoxy groups -OCH3 is 1. The highest BCUT2D eigenvalue weighted by molar-refractivity contribution is 6.01. The topological polar surface area (TPSA) is 80.3 Å². The molecule has 8 heteroatoms. The summed E-state index contributed by atoms with van der Waals surface area (Å²) < 4.78 is 16.6. The van der Waals surface area contributed by atoms with Crippen LogP contribution in [0.25, 0.3) is 0 Å². The van der Waals surface area contributed by atoms with Crippen molar-refractivity contribution in [1.82, 2.24) is 4.90 Å². The van der Waals surface area contributed by atoms with Crippen molar-refractivity contribution in [2.24, 2.45) is 0 Å². The number of amides is 2. The highest BCUT2D eigenvalue weighted by Gasteiger charge is 2.32. The molecule has 1 fully saturated rings. The molecule has 33 heavy (non-hydrogen) atoms. The Morgan fingerprint density at radius 2 is 1.85 bits per heavy atom. The Morgan fingerprint density at radius 3 is 2.61 bits per heavy atom. The van der Waals surface area contributed by atoms with Gasteiger partial charge in [-0.05, 0) is 63.2 Å². The van der Waals surface area contributed by atoms with Gasteiger partial charge in [-0.1, -0.05) is 18.6 Å². The SMILES string of the molecule is COc1ccccc1OCC(=O)Nc1ccc2c(c1)N(CCN1CCCCC1)C(=O)C(C)O2. The summed E-state index contributed by atoms with van der Waals surface area (Å²) in [4.78, 5) is 29.5. The molecule has 0 bridgehead atoms. The van der Waals surface area contributed by atoms with Gasteiger partial charge in [-0.15, -0.1) is 0 Å². The van der Waals surface area contributed by atoms with E-state index in [0.29, 0.717) is 35.2 Å². The maximum atomic E-state index is 12.9. The van der Waals surface area contributed by atoms with Crippen LogP contribution in [-0.2, 0) is 9.59 Å². The number of carbonyl (C=O) groups is 2. The van der Waals surface area contributed by atoms with Crippen molar-refractivity contribution in [2.45, 2.75) is 32.3 Å². The second-order valence-corrected chi connectivity index (χ2v) is 8.32. The van der Waals surface area contributed by atoms with E-state index in [4.69, 9.17) is 14.2 Å². The first-order valence-electron chi connectivity index (χ1n) is 11.5. The first-order chi connectivity index (χ1) is 16.0. The molecule has 0 aromatic heterocycles. The second kappa shape index (κ2) is 10.6. The van der Waals surface area contributed by atoms with Crippen molar-refractivity contribution in [3.05, 3.63) is 42.5 Å². The third-order valence-electron chi connectivity index (χ3n) is 5.97. The van der Waals surface area contributed by atoms with Gasteiger partial charge >= 0.3 is 0 Å². The quantitative estimate of drug-likeness (QED) is 0.661. The van der Waals surface area contributed by atoms with Gasteiger partial charge in [-0.3, -0.25) is 9.59 Å². The molecule has 0 aliphatic carbocycles. The molecule has 1 atom stereocenters. The van der Waals surface area contributed by atoms with Crippen LogP contribution < -0.4 is 24.4 Å². The van der Waals surface area contributed by atoms with Crippen molar-refractivity contribution >= 4 is 23.2 Å². The lowest BCUT2D eigenvalue weighted by molar-refractivity contribution is -0.125. The standard InChI is InChI=1S/C25H31N3O5/c1-18-25(30)28(15-14-27-12-6-3-7-13-27)20-16-19(10-11-21(20)33-18)26-24(29)17-32-23-9-5-4-8-22(23)31-2/h4-5,8-11,16,18H,3,6-7,12-15,17H2,1-2H3,(H,26,29). The van der Waals surface area contributed by atoms with Crippen molar-refractivity contribution < 1.29 is 23.8 Å². The van der Waals surface area contributed by atoms with Crippen LogP contribution in [0.3, 0.4) is 0 Å². The van der Waals surface area contributed by atoms with Crippen LogP contribution in [0.1, 0.15) is 26.2 Å². The Balaban J connectivity index is 1.42. The molecule has 8 nitrogen and oxygen atoms in total. The molecule has 1 N–H and O–H groups in total. The van der Waals surface area contributed by atoms with Crippen LogP contribution in [0, 0.1) is 0 Å². The van der Waals surface area contributed by atoms with Crippen LogP contribution in [0.5, 0.6) is 17.2 Å². The van der Waals surface area contributed by atoms with Gasteiger partial charge in [0.05, 0.1) is 12.8 Å². The summed E-state index contributed by atoms with van der Waals surface area (Å²) in [6.07, 6.45) is 3.15. The summed E-state index contributed by atoms with van der Waals surface area (Å²) in [6, 6.07) is 12.5. The fraction of sp³-hybridized carbons (Fsp3) is 0.440. The zero-order valence-electron chi connectivity index (χ0n) is 19.2. The minimum absolute atomic E-state index is 0.0671. The Labute approximate surface area is 194 Å². The lowest BCUT2D eigenvalue weighted by Gasteiger charge is -2.35. The Bertz CT molecular complexity index is 990. The molecule has 0 spiro atoms. The molecule has 176 valence electrons. The fourth-order valence-electron chi connectivity index (χ4n) is 4.22. The molecule has 0 saturated carbocycles. The second-order valence-electron chi connectivity index (χ2n) is 8.32. The molecule has 2 amide bonds. The van der Waals surface area contributed by atoms with Crippen LogP contribution in [0.15, 0.2) is 42.5 Å². The molecule has 2 heterocycles. The van der Waals surface area contributed by atoms with Crippen LogP contribution in [0.2, 0.25) is 0 Å². The van der Waals surface area contributed by atoms with E-state index < -0.39 is 6.10 Å². The maximum Gasteiger partial charge on any atom is 0.267 e. The van der Waals surface area contributed by atoms with Gasteiger partial charge in [0.15, 0.2) is 24.2 Å². The molecule has 4 rings (SSSR count). The van der Waals surface area contributed by atoms with Crippen LogP contribution in [-0.4, -0.2) is 62.7 Å². The number of likely N-dealkylation sites (tertiary alicyclic amines) is 1. The predicted molar refractivity (Wildman–Crippen MR) is 126 cm³/mol. The van der Waals surface area contributed by atoms with Gasteiger partial charge in [0.25, 0.3) is 11.8 Å². The lowest BCUT2D eigenvalue weighted by atomic mass is 10.1. The first-order valence-corrected chi connectivity index (χ1v) is 11.5. The zero-order chi connectivity index (χ0) is 23.2. The molecule has 2 aromatic rings. The number of hydrogen-bond acceptors (Lipinski definition) is 6. The summed E-state index contributed by atoms with van der Waals surface area (Å²) in [6.45, 7) is 5.16. The van der Waals surface area contributed by atoms with E-state index in [9.17, 15) is 9.59 Å². The maximum absolute atomic E-state index is 12.9. The number of carbonyl (C=O) groups excluding carboxylic acids is 2. The van der Waals surface area contributed by atoms with Crippen LogP contribution in [0.4, 0.5) is 11.4 Å². The van der Waals surface area contributed by atoms with E-state index >= 15 is 0 Å². The van der Waals surface area contributed by atoms with E-state index in [0.717, 1.165) is 19.6 Å². The van der Waals surface area contributed by atoms with Crippen molar-refractivity contribution in [3.8, 4) is 17.2 Å². The Hall–Kier alpha value is -3.26. The number of anilines is 2. The normalized spacial score (nSPS) is 18.3. The molecule has 2 aromatic carbocycles. The Morgan fingerprint density at radius 1 is 1.09 bits per heavy atom. The molecule has 2 aliphatic heterocycles. The smallest absolute Gasteiger partial charge is 0.267 e. The van der Waals surface area contributed by atoms with E-state index in [1.54, 1.807) is 49.3 Å². The highest BCUT2D eigenvalue weighted by Crippen LogP contribution is 2.36. The predicted octanol–water partition coefficient (Wildman–Crippen LogP) is 3.31. The number of hydrogen-bond donors (Lipinski definition) is 1. The summed E-state index contributed by atoms with van der Waals surface area (Å²) in [5.41, 5.74) is 1.26. The van der Waals surface area contributed by atoms with E-state index in [1.165, 1.54) is 19.3 Å². The number of nitrogens with one attached hydrogen (secondary N) is 1. The monoisotopic (exact) mass is 453 g/mol. The molecule has 2 aliphatic rings. The third-order valence-corrected chi connectivity index (χ3v) is 5.97. The van der Waals surface area contributed by atoms with Crippen molar-refractivity contribution in [2.75, 3.05) is 50.1 Å². The van der Waals surface area contributed by atoms with Crippen molar-refractivity contribution in [3.63, 3.8) is 0 Å². The molecule has 0 radical (unpaired) electrons. The number of piperidine rings is 1. The van der Waals surface area contributed by atoms with Crippen LogP contribution >= 0.6 is 0 Å². The average molecular weight is 454 g/mol.